The van der Waals surface area contributed by atoms with Gasteiger partial charge in [-0.05, 0) is 30.2 Å². The lowest BCUT2D eigenvalue weighted by atomic mass is 10.0. The maximum atomic E-state index is 13.1. The fourth-order valence-electron chi connectivity index (χ4n) is 3.68. The fourth-order valence-corrected chi connectivity index (χ4v) is 3.68. The smallest absolute Gasteiger partial charge is 0.416 e. The normalized spacial score (nSPS) is 11.3. The first-order valence-electron chi connectivity index (χ1n) is 10.9. The first-order valence-corrected chi connectivity index (χ1v) is 10.9. The maximum Gasteiger partial charge on any atom is 0.416 e. The molecule has 3 nitrogen and oxygen atoms in total. The zero-order valence-corrected chi connectivity index (χ0v) is 18.5. The van der Waals surface area contributed by atoms with E-state index in [1.165, 1.54) is 12.1 Å². The Balaban J connectivity index is 1.84. The largest absolute Gasteiger partial charge is 0.421 e. The van der Waals surface area contributed by atoms with Crippen LogP contribution in [0.5, 0.6) is 0 Å². The number of hydrogen-bond donors (Lipinski definition) is 0. The molecule has 34 heavy (non-hydrogen) atoms. The number of aliphatic imine (C=N–C) groups is 1. The van der Waals surface area contributed by atoms with Crippen LogP contribution in [-0.4, -0.2) is 5.71 Å². The van der Waals surface area contributed by atoms with Gasteiger partial charge in [0.25, 0.3) is 0 Å². The summed E-state index contributed by atoms with van der Waals surface area (Å²) >= 11 is 0. The Morgan fingerprint density at radius 3 is 1.91 bits per heavy atom. The molecule has 0 amide bonds. The molecule has 0 radical (unpaired) electrons. The Kier molecular flexibility index (Phi) is 6.77. The highest BCUT2D eigenvalue weighted by molar-refractivity contribution is 6.14. The lowest BCUT2D eigenvalue weighted by Gasteiger charge is -2.11. The molecule has 6 heteroatoms. The summed E-state index contributed by atoms with van der Waals surface area (Å²) in [7, 11) is 0. The zero-order valence-electron chi connectivity index (χ0n) is 18.5. The van der Waals surface area contributed by atoms with Gasteiger partial charge in [-0.2, -0.15) is 13.2 Å². The molecule has 3 aromatic carbocycles. The first kappa shape index (κ1) is 23.2. The van der Waals surface area contributed by atoms with Crippen molar-refractivity contribution in [2.24, 2.45) is 4.99 Å². The Bertz CT molecular complexity index is 1300. The van der Waals surface area contributed by atoms with E-state index in [1.54, 1.807) is 6.07 Å². The van der Waals surface area contributed by atoms with E-state index in [0.717, 1.165) is 29.7 Å². The van der Waals surface area contributed by atoms with Gasteiger partial charge in [-0.25, -0.2) is 9.79 Å². The summed E-state index contributed by atoms with van der Waals surface area (Å²) in [5, 5.41) is 0. The minimum atomic E-state index is -4.43. The molecule has 0 atom stereocenters. The number of benzene rings is 3. The van der Waals surface area contributed by atoms with Gasteiger partial charge in [0, 0.05) is 16.7 Å². The van der Waals surface area contributed by atoms with Crippen LogP contribution in [0.3, 0.4) is 0 Å². The summed E-state index contributed by atoms with van der Waals surface area (Å²) in [6, 6.07) is 25.3. The van der Waals surface area contributed by atoms with Crippen molar-refractivity contribution in [1.29, 1.82) is 0 Å². The van der Waals surface area contributed by atoms with E-state index in [9.17, 15) is 18.0 Å². The summed E-state index contributed by atoms with van der Waals surface area (Å²) in [5.41, 5.74) is 2.20. The minimum Gasteiger partial charge on any atom is -0.421 e. The van der Waals surface area contributed by atoms with Crippen LogP contribution in [0.4, 0.5) is 18.9 Å². The number of aryl methyl sites for hydroxylation is 1. The minimum absolute atomic E-state index is 0.195. The first-order chi connectivity index (χ1) is 16.4. The Labute approximate surface area is 195 Å². The van der Waals surface area contributed by atoms with Crippen LogP contribution in [0.15, 0.2) is 105 Å². The molecule has 0 aliphatic heterocycles. The van der Waals surface area contributed by atoms with Crippen LogP contribution >= 0.6 is 0 Å². The van der Waals surface area contributed by atoms with Gasteiger partial charge in [0.2, 0.25) is 0 Å². The molecule has 1 heterocycles. The van der Waals surface area contributed by atoms with E-state index in [-0.39, 0.29) is 11.4 Å². The molecular formula is C28H22F3NO2. The third-order valence-electron chi connectivity index (χ3n) is 5.34. The molecule has 0 saturated carbocycles. The second-order valence-electron chi connectivity index (χ2n) is 7.79. The van der Waals surface area contributed by atoms with Crippen molar-refractivity contribution < 1.29 is 17.6 Å². The van der Waals surface area contributed by atoms with Gasteiger partial charge < -0.3 is 4.42 Å². The van der Waals surface area contributed by atoms with E-state index in [4.69, 9.17) is 9.41 Å². The number of hydrogen-bond acceptors (Lipinski definition) is 3. The molecule has 4 rings (SSSR count). The standard InChI is InChI=1S/C28H22F3NO2/c1-2-9-22-18-24(19-14-16-23(17-15-19)28(29,30)31)34-27(33)26(22)32-25(20-10-5-3-6-11-20)21-12-7-4-8-13-21/h3-8,10-18H,2,9H2,1H3. The summed E-state index contributed by atoms with van der Waals surface area (Å²) in [5.74, 6) is 0.210. The van der Waals surface area contributed by atoms with Crippen LogP contribution in [0.2, 0.25) is 0 Å². The highest BCUT2D eigenvalue weighted by atomic mass is 19.4. The van der Waals surface area contributed by atoms with Crippen molar-refractivity contribution in [1.82, 2.24) is 0 Å². The van der Waals surface area contributed by atoms with Gasteiger partial charge in [0.05, 0.1) is 11.3 Å². The molecule has 1 aromatic heterocycles. The lowest BCUT2D eigenvalue weighted by molar-refractivity contribution is -0.137. The fraction of sp³-hybridized carbons (Fsp3) is 0.143. The third kappa shape index (κ3) is 5.17. The van der Waals surface area contributed by atoms with Gasteiger partial charge in [-0.3, -0.25) is 0 Å². The number of alkyl halides is 3. The molecule has 0 fully saturated rings. The summed E-state index contributed by atoms with van der Waals surface area (Å²) in [4.78, 5) is 17.8. The molecule has 4 aromatic rings. The van der Waals surface area contributed by atoms with Crippen molar-refractivity contribution >= 4 is 11.4 Å². The summed E-state index contributed by atoms with van der Waals surface area (Å²) < 4.78 is 44.3. The number of rotatable bonds is 6. The third-order valence-corrected chi connectivity index (χ3v) is 5.34. The summed E-state index contributed by atoms with van der Waals surface area (Å²) in [6.07, 6.45) is -3.12. The van der Waals surface area contributed by atoms with Gasteiger partial charge >= 0.3 is 11.8 Å². The van der Waals surface area contributed by atoms with Crippen LogP contribution in [-0.2, 0) is 12.6 Å². The van der Waals surface area contributed by atoms with Gasteiger partial charge in [0.1, 0.15) is 5.76 Å². The van der Waals surface area contributed by atoms with Crippen LogP contribution in [0.25, 0.3) is 11.3 Å². The highest BCUT2D eigenvalue weighted by Crippen LogP contribution is 2.32. The topological polar surface area (TPSA) is 42.6 Å². The molecule has 0 saturated heterocycles. The Hall–Kier alpha value is -3.93. The lowest BCUT2D eigenvalue weighted by Crippen LogP contribution is -2.09. The maximum absolute atomic E-state index is 13.1. The second kappa shape index (κ2) is 9.91. The van der Waals surface area contributed by atoms with E-state index < -0.39 is 17.4 Å². The van der Waals surface area contributed by atoms with E-state index in [1.807, 2.05) is 67.6 Å². The average Bonchev–Trinajstić information content (AvgIpc) is 2.84. The molecule has 0 bridgehead atoms. The molecule has 0 N–H and O–H groups in total. The van der Waals surface area contributed by atoms with Crippen molar-refractivity contribution in [3.8, 4) is 11.3 Å². The van der Waals surface area contributed by atoms with E-state index >= 15 is 0 Å². The predicted molar refractivity (Wildman–Crippen MR) is 128 cm³/mol. The van der Waals surface area contributed by atoms with Gasteiger partial charge in [-0.1, -0.05) is 86.1 Å². The molecular weight excluding hydrogens is 439 g/mol. The van der Waals surface area contributed by atoms with Crippen LogP contribution < -0.4 is 5.63 Å². The van der Waals surface area contributed by atoms with E-state index in [2.05, 4.69) is 0 Å². The second-order valence-corrected chi connectivity index (χ2v) is 7.79. The van der Waals surface area contributed by atoms with Crippen molar-refractivity contribution in [3.63, 3.8) is 0 Å². The van der Waals surface area contributed by atoms with Crippen LogP contribution in [0, 0.1) is 0 Å². The van der Waals surface area contributed by atoms with Crippen molar-refractivity contribution in [2.45, 2.75) is 25.9 Å². The quantitative estimate of drug-likeness (QED) is 0.280. The predicted octanol–water partition coefficient (Wildman–Crippen LogP) is 7.45. The molecule has 172 valence electrons. The number of nitrogens with zero attached hydrogens (tertiary/aromatic N) is 1. The van der Waals surface area contributed by atoms with Gasteiger partial charge in [0.15, 0.2) is 5.69 Å². The molecule has 0 spiro atoms. The molecule has 0 aliphatic carbocycles. The zero-order chi connectivity index (χ0) is 24.1. The average molecular weight is 461 g/mol. The van der Waals surface area contributed by atoms with Crippen molar-refractivity contribution in [2.75, 3.05) is 0 Å². The Morgan fingerprint density at radius 2 is 1.41 bits per heavy atom. The van der Waals surface area contributed by atoms with E-state index in [0.29, 0.717) is 23.3 Å². The molecule has 0 aliphatic rings. The molecule has 0 unspecified atom stereocenters. The number of halogens is 3. The van der Waals surface area contributed by atoms with Gasteiger partial charge in [-0.15, -0.1) is 0 Å². The van der Waals surface area contributed by atoms with Crippen LogP contribution in [0.1, 0.15) is 35.6 Å². The SMILES string of the molecule is CCCc1cc(-c2ccc(C(F)(F)F)cc2)oc(=O)c1N=C(c1ccccc1)c1ccccc1. The monoisotopic (exact) mass is 461 g/mol. The highest BCUT2D eigenvalue weighted by Gasteiger charge is 2.30. The van der Waals surface area contributed by atoms with Crippen molar-refractivity contribution in [3.05, 3.63) is 124 Å². The summed E-state index contributed by atoms with van der Waals surface area (Å²) in [6.45, 7) is 1.98. The Morgan fingerprint density at radius 1 is 0.853 bits per heavy atom.